The van der Waals surface area contributed by atoms with Crippen LogP contribution in [0.25, 0.3) is 27.5 Å². The minimum atomic E-state index is 0.731. The van der Waals surface area contributed by atoms with E-state index in [-0.39, 0.29) is 0 Å². The lowest BCUT2D eigenvalue weighted by atomic mass is 10.2. The van der Waals surface area contributed by atoms with E-state index in [2.05, 4.69) is 45.0 Å². The summed E-state index contributed by atoms with van der Waals surface area (Å²) in [5, 5.41) is 13.6. The van der Waals surface area contributed by atoms with E-state index >= 15 is 0 Å². The number of nitrogens with zero attached hydrogens (tertiary/aromatic N) is 4. The van der Waals surface area contributed by atoms with E-state index in [1.165, 1.54) is 0 Å². The van der Waals surface area contributed by atoms with E-state index in [1.807, 2.05) is 53.9 Å². The number of fused-ring (bicyclic) bond motifs is 4. The summed E-state index contributed by atoms with van der Waals surface area (Å²) in [5.74, 6) is 1.75. The number of para-hydroxylation sites is 2. The first-order valence-electron chi connectivity index (χ1n) is 9.37. The zero-order valence-corrected chi connectivity index (χ0v) is 15.6. The molecule has 3 heterocycles. The van der Waals surface area contributed by atoms with Crippen molar-refractivity contribution in [2.75, 3.05) is 23.7 Å². The van der Waals surface area contributed by atoms with Crippen LogP contribution in [0, 0.1) is 6.92 Å². The number of nitrogens with one attached hydrogen (secondary N) is 2. The van der Waals surface area contributed by atoms with Crippen molar-refractivity contribution in [2.45, 2.75) is 6.92 Å². The first-order valence-corrected chi connectivity index (χ1v) is 9.37. The van der Waals surface area contributed by atoms with Gasteiger partial charge < -0.3 is 10.6 Å². The van der Waals surface area contributed by atoms with Gasteiger partial charge in [-0.25, -0.2) is 14.5 Å². The molecule has 0 bridgehead atoms. The van der Waals surface area contributed by atoms with Crippen molar-refractivity contribution in [3.05, 3.63) is 72.4 Å². The third-order valence-electron chi connectivity index (χ3n) is 4.75. The standard InChI is InChI=1S/C22H20N6/c1-15-14-21-26-22(17-7-3-5-9-19(17)28(21)27-15)24-13-12-23-20-11-10-16-6-2-4-8-18(16)25-20/h2-11,14H,12-13H2,1H3,(H,23,25)(H,24,26). The molecule has 0 radical (unpaired) electrons. The highest BCUT2D eigenvalue weighted by molar-refractivity contribution is 5.91. The Balaban J connectivity index is 1.33. The van der Waals surface area contributed by atoms with Crippen molar-refractivity contribution in [1.29, 1.82) is 0 Å². The van der Waals surface area contributed by atoms with E-state index in [0.717, 1.165) is 57.9 Å². The minimum Gasteiger partial charge on any atom is -0.368 e. The van der Waals surface area contributed by atoms with Gasteiger partial charge in [-0.3, -0.25) is 0 Å². The molecule has 0 aliphatic heterocycles. The van der Waals surface area contributed by atoms with Gasteiger partial charge in [0.25, 0.3) is 0 Å². The second-order valence-corrected chi connectivity index (χ2v) is 6.78. The summed E-state index contributed by atoms with van der Waals surface area (Å²) in [6.45, 7) is 3.46. The highest BCUT2D eigenvalue weighted by Gasteiger charge is 2.09. The Kier molecular flexibility index (Phi) is 4.01. The van der Waals surface area contributed by atoms with E-state index in [4.69, 9.17) is 4.98 Å². The third-order valence-corrected chi connectivity index (χ3v) is 4.75. The molecule has 6 heteroatoms. The maximum atomic E-state index is 4.76. The average Bonchev–Trinajstić information content (AvgIpc) is 3.11. The molecule has 6 nitrogen and oxygen atoms in total. The number of hydrogen-bond acceptors (Lipinski definition) is 5. The number of rotatable bonds is 5. The molecule has 0 aliphatic carbocycles. The monoisotopic (exact) mass is 368 g/mol. The third kappa shape index (κ3) is 2.99. The van der Waals surface area contributed by atoms with Crippen LogP contribution in [0.2, 0.25) is 0 Å². The Hall–Kier alpha value is -3.67. The summed E-state index contributed by atoms with van der Waals surface area (Å²) in [6, 6.07) is 22.4. The predicted molar refractivity (Wildman–Crippen MR) is 114 cm³/mol. The van der Waals surface area contributed by atoms with Crippen LogP contribution in [0.1, 0.15) is 5.69 Å². The normalized spacial score (nSPS) is 11.3. The predicted octanol–water partition coefficient (Wildman–Crippen LogP) is 4.26. The van der Waals surface area contributed by atoms with Gasteiger partial charge in [0, 0.05) is 29.9 Å². The topological polar surface area (TPSA) is 67.1 Å². The lowest BCUT2D eigenvalue weighted by Crippen LogP contribution is -2.15. The van der Waals surface area contributed by atoms with Crippen LogP contribution in [-0.2, 0) is 0 Å². The molecule has 138 valence electrons. The number of anilines is 2. The van der Waals surface area contributed by atoms with Gasteiger partial charge in [-0.05, 0) is 37.3 Å². The molecule has 0 aliphatic rings. The van der Waals surface area contributed by atoms with Gasteiger partial charge in [0.15, 0.2) is 5.65 Å². The Bertz CT molecular complexity index is 1290. The van der Waals surface area contributed by atoms with Crippen LogP contribution in [0.15, 0.2) is 66.7 Å². The molecule has 2 N–H and O–H groups in total. The molecule has 5 aromatic rings. The highest BCUT2D eigenvalue weighted by atomic mass is 15.3. The van der Waals surface area contributed by atoms with Crippen LogP contribution in [0.4, 0.5) is 11.6 Å². The molecular weight excluding hydrogens is 348 g/mol. The SMILES string of the molecule is Cc1cc2nc(NCCNc3ccc4ccccc4n3)c3ccccc3n2n1. The maximum absolute atomic E-state index is 4.76. The van der Waals surface area contributed by atoms with Crippen molar-refractivity contribution < 1.29 is 0 Å². The van der Waals surface area contributed by atoms with Gasteiger partial charge in [0.1, 0.15) is 11.6 Å². The van der Waals surface area contributed by atoms with E-state index in [1.54, 1.807) is 0 Å². The molecule has 3 aromatic heterocycles. The summed E-state index contributed by atoms with van der Waals surface area (Å²) < 4.78 is 1.90. The summed E-state index contributed by atoms with van der Waals surface area (Å²) in [5.41, 5.74) is 3.85. The number of pyridine rings is 1. The smallest absolute Gasteiger partial charge is 0.158 e. The molecule has 0 atom stereocenters. The first-order chi connectivity index (χ1) is 13.8. The largest absolute Gasteiger partial charge is 0.368 e. The fourth-order valence-electron chi connectivity index (χ4n) is 3.45. The van der Waals surface area contributed by atoms with Gasteiger partial charge >= 0.3 is 0 Å². The van der Waals surface area contributed by atoms with Crippen LogP contribution in [0.3, 0.4) is 0 Å². The fourth-order valence-corrected chi connectivity index (χ4v) is 3.45. The number of hydrogen-bond donors (Lipinski definition) is 2. The number of aromatic nitrogens is 4. The molecule has 28 heavy (non-hydrogen) atoms. The summed E-state index contributed by atoms with van der Waals surface area (Å²) in [7, 11) is 0. The highest BCUT2D eigenvalue weighted by Crippen LogP contribution is 2.23. The quantitative estimate of drug-likeness (QED) is 0.454. The van der Waals surface area contributed by atoms with E-state index in [9.17, 15) is 0 Å². The molecule has 0 unspecified atom stereocenters. The van der Waals surface area contributed by atoms with Crippen molar-refractivity contribution in [3.8, 4) is 0 Å². The first kappa shape index (κ1) is 16.5. The van der Waals surface area contributed by atoms with Crippen molar-refractivity contribution in [1.82, 2.24) is 19.6 Å². The fraction of sp³-hybridized carbons (Fsp3) is 0.136. The van der Waals surface area contributed by atoms with Crippen molar-refractivity contribution >= 4 is 39.1 Å². The summed E-state index contributed by atoms with van der Waals surface area (Å²) in [4.78, 5) is 9.40. The van der Waals surface area contributed by atoms with Gasteiger partial charge in [0.2, 0.25) is 0 Å². The lowest BCUT2D eigenvalue weighted by Gasteiger charge is -2.11. The van der Waals surface area contributed by atoms with Gasteiger partial charge in [-0.15, -0.1) is 0 Å². The Morgan fingerprint density at radius 2 is 1.68 bits per heavy atom. The molecule has 0 saturated carbocycles. The Labute approximate surface area is 162 Å². The van der Waals surface area contributed by atoms with Crippen molar-refractivity contribution in [3.63, 3.8) is 0 Å². The molecule has 0 saturated heterocycles. The molecule has 0 fully saturated rings. The molecule has 0 amide bonds. The maximum Gasteiger partial charge on any atom is 0.158 e. The van der Waals surface area contributed by atoms with Crippen LogP contribution >= 0.6 is 0 Å². The van der Waals surface area contributed by atoms with E-state index < -0.39 is 0 Å². The summed E-state index contributed by atoms with van der Waals surface area (Å²) >= 11 is 0. The van der Waals surface area contributed by atoms with Crippen LogP contribution < -0.4 is 10.6 Å². The van der Waals surface area contributed by atoms with Gasteiger partial charge in [-0.2, -0.15) is 5.10 Å². The lowest BCUT2D eigenvalue weighted by molar-refractivity contribution is 0.953. The van der Waals surface area contributed by atoms with E-state index in [0.29, 0.717) is 0 Å². The zero-order valence-electron chi connectivity index (χ0n) is 15.6. The average molecular weight is 368 g/mol. The van der Waals surface area contributed by atoms with Gasteiger partial charge in [0.05, 0.1) is 16.7 Å². The Morgan fingerprint density at radius 3 is 2.64 bits per heavy atom. The summed E-state index contributed by atoms with van der Waals surface area (Å²) in [6.07, 6.45) is 0. The minimum absolute atomic E-state index is 0.731. The second-order valence-electron chi connectivity index (χ2n) is 6.78. The second kappa shape index (κ2) is 6.81. The number of benzene rings is 2. The zero-order chi connectivity index (χ0) is 18.9. The van der Waals surface area contributed by atoms with Crippen LogP contribution in [-0.4, -0.2) is 32.7 Å². The number of aryl methyl sites for hydroxylation is 1. The molecule has 2 aromatic carbocycles. The molecule has 0 spiro atoms. The molecule has 5 rings (SSSR count). The van der Waals surface area contributed by atoms with Crippen LogP contribution in [0.5, 0.6) is 0 Å². The van der Waals surface area contributed by atoms with Gasteiger partial charge in [-0.1, -0.05) is 30.3 Å². The Morgan fingerprint density at radius 1 is 0.857 bits per heavy atom. The molecular formula is C22H20N6. The van der Waals surface area contributed by atoms with Crippen molar-refractivity contribution in [2.24, 2.45) is 0 Å².